The summed E-state index contributed by atoms with van der Waals surface area (Å²) in [6, 6.07) is 5.26. The number of halogens is 4. The summed E-state index contributed by atoms with van der Waals surface area (Å²) in [5.74, 6) is -0.191. The molecule has 0 aliphatic carbocycles. The van der Waals surface area contributed by atoms with Gasteiger partial charge < -0.3 is 0 Å². The molecule has 0 radical (unpaired) electrons. The number of benzene rings is 1. The molecule has 156 valence electrons. The Morgan fingerprint density at radius 3 is 2.66 bits per heavy atom. The number of nitrogens with zero attached hydrogens (tertiary/aromatic N) is 2. The van der Waals surface area contributed by atoms with Crippen LogP contribution < -0.4 is 5.32 Å². The Hall–Kier alpha value is -0.561. The van der Waals surface area contributed by atoms with E-state index in [0.29, 0.717) is 32.4 Å². The molecule has 0 bridgehead atoms. The third-order valence-electron chi connectivity index (χ3n) is 4.40. The minimum atomic E-state index is -0.535. The van der Waals surface area contributed by atoms with Gasteiger partial charge in [-0.05, 0) is 0 Å². The zero-order valence-corrected chi connectivity index (χ0v) is 22.5. The number of aromatic nitrogens is 2. The second-order valence-electron chi connectivity index (χ2n) is 6.56. The van der Waals surface area contributed by atoms with Gasteiger partial charge in [-0.15, -0.1) is 0 Å². The molecule has 1 aromatic heterocycles. The third-order valence-corrected chi connectivity index (χ3v) is 9.25. The van der Waals surface area contributed by atoms with Crippen molar-refractivity contribution in [2.45, 2.75) is 32.6 Å². The van der Waals surface area contributed by atoms with Crippen molar-refractivity contribution < 1.29 is 4.79 Å². The van der Waals surface area contributed by atoms with Gasteiger partial charge in [-0.25, -0.2) is 0 Å². The molecule has 1 N–H and O–H groups in total. The maximum atomic E-state index is 12.8. The van der Waals surface area contributed by atoms with Crippen LogP contribution in [0.3, 0.4) is 0 Å². The van der Waals surface area contributed by atoms with E-state index in [9.17, 15) is 4.79 Å². The van der Waals surface area contributed by atoms with Crippen molar-refractivity contribution >= 4 is 80.4 Å². The molecule has 2 heterocycles. The SMILES string of the molecule is CCCCCCNC(=O)c1nn(-c2ccc(Cl)cc2Cl)c(C2=CC=C(Br)[SeH2]2)c1Br. The predicted octanol–water partition coefficient (Wildman–Crippen LogP) is 6.01. The molecule has 3 rings (SSSR count). The van der Waals surface area contributed by atoms with Crippen LogP contribution in [0.15, 0.2) is 38.2 Å². The fraction of sp³-hybridized carbons (Fsp3) is 0.300. The van der Waals surface area contributed by atoms with Gasteiger partial charge in [-0.3, -0.25) is 0 Å². The quantitative estimate of drug-likeness (QED) is 0.288. The van der Waals surface area contributed by atoms with Gasteiger partial charge in [0, 0.05) is 0 Å². The number of rotatable bonds is 8. The van der Waals surface area contributed by atoms with Crippen LogP contribution in [-0.4, -0.2) is 37.2 Å². The van der Waals surface area contributed by atoms with E-state index < -0.39 is 15.0 Å². The van der Waals surface area contributed by atoms with E-state index in [1.807, 2.05) is 6.07 Å². The molecule has 0 fully saturated rings. The first-order chi connectivity index (χ1) is 13.9. The Balaban J connectivity index is 1.95. The second kappa shape index (κ2) is 10.6. The van der Waals surface area contributed by atoms with Crippen LogP contribution >= 0.6 is 55.1 Å². The van der Waals surface area contributed by atoms with Gasteiger partial charge >= 0.3 is 205 Å². The fourth-order valence-corrected chi connectivity index (χ4v) is 7.68. The number of unbranched alkanes of at least 4 members (excludes halogenated alkanes) is 3. The van der Waals surface area contributed by atoms with Gasteiger partial charge in [0.2, 0.25) is 0 Å². The molecule has 1 amide bonds. The third kappa shape index (κ3) is 5.57. The molecular formula is C20H21Br2Cl2N3OSe. The summed E-state index contributed by atoms with van der Waals surface area (Å²) >= 11 is 19.2. The van der Waals surface area contributed by atoms with Crippen LogP contribution in [0.2, 0.25) is 10.0 Å². The molecule has 4 nitrogen and oxygen atoms in total. The molecule has 1 aliphatic heterocycles. The number of carbonyl (C=O) groups excluding carboxylic acids is 1. The molecule has 2 aromatic rings. The van der Waals surface area contributed by atoms with Crippen molar-refractivity contribution in [2.75, 3.05) is 6.54 Å². The van der Waals surface area contributed by atoms with Crippen molar-refractivity contribution in [3.63, 3.8) is 0 Å². The average Bonchev–Trinajstić information content (AvgIpc) is 3.24. The average molecular weight is 629 g/mol. The standard InChI is InChI=1S/C20H21Br2Cl2N3OSe/c1-2-3-4-5-10-25-20(28)18-17(22)19(15-8-9-16(21)29-15)27(26-18)14-7-6-12(23)11-13(14)24/h6-9,11H,2-5,10,29H2,1H3,(H,25,28). The summed E-state index contributed by atoms with van der Waals surface area (Å²) < 4.78 is 4.77. The Labute approximate surface area is 203 Å². The number of amides is 1. The Morgan fingerprint density at radius 1 is 1.21 bits per heavy atom. The van der Waals surface area contributed by atoms with E-state index in [-0.39, 0.29) is 5.91 Å². The zero-order valence-electron chi connectivity index (χ0n) is 15.7. The topological polar surface area (TPSA) is 46.9 Å². The molecule has 0 spiro atoms. The number of nitrogens with one attached hydrogen (secondary N) is 1. The van der Waals surface area contributed by atoms with E-state index in [0.717, 1.165) is 29.4 Å². The molecule has 0 saturated carbocycles. The molecule has 0 saturated heterocycles. The van der Waals surface area contributed by atoms with Crippen LogP contribution in [0.5, 0.6) is 0 Å². The normalized spacial score (nSPS) is 14.8. The summed E-state index contributed by atoms with van der Waals surface area (Å²) in [7, 11) is 0. The Kier molecular flexibility index (Phi) is 8.49. The predicted molar refractivity (Wildman–Crippen MR) is 131 cm³/mol. The molecular weight excluding hydrogens is 608 g/mol. The molecule has 9 heteroatoms. The maximum absolute atomic E-state index is 12.8. The van der Waals surface area contributed by atoms with Crippen molar-refractivity contribution in [3.8, 4) is 5.69 Å². The van der Waals surface area contributed by atoms with Crippen LogP contribution in [0, 0.1) is 0 Å². The molecule has 29 heavy (non-hydrogen) atoms. The molecule has 1 aromatic carbocycles. The second-order valence-corrected chi connectivity index (χ2v) is 13.4. The van der Waals surface area contributed by atoms with E-state index >= 15 is 0 Å². The molecule has 0 unspecified atom stereocenters. The number of allylic oxidation sites excluding steroid dienone is 2. The van der Waals surface area contributed by atoms with Gasteiger partial charge in [0.05, 0.1) is 0 Å². The van der Waals surface area contributed by atoms with E-state index in [4.69, 9.17) is 23.2 Å². The zero-order chi connectivity index (χ0) is 21.0. The summed E-state index contributed by atoms with van der Waals surface area (Å²) in [4.78, 5) is 12.8. The first-order valence-corrected chi connectivity index (χ1v) is 13.7. The Morgan fingerprint density at radius 2 is 2.00 bits per heavy atom. The summed E-state index contributed by atoms with van der Waals surface area (Å²) in [6.45, 7) is 2.80. The van der Waals surface area contributed by atoms with E-state index in [1.165, 1.54) is 9.80 Å². The van der Waals surface area contributed by atoms with Crippen molar-refractivity contribution in [1.82, 2.24) is 15.1 Å². The van der Waals surface area contributed by atoms with Crippen LogP contribution in [-0.2, 0) is 0 Å². The van der Waals surface area contributed by atoms with E-state index in [1.54, 1.807) is 16.8 Å². The first-order valence-electron chi connectivity index (χ1n) is 9.29. The van der Waals surface area contributed by atoms with Gasteiger partial charge in [0.25, 0.3) is 0 Å². The number of hydrogen-bond acceptors (Lipinski definition) is 2. The van der Waals surface area contributed by atoms with Gasteiger partial charge in [-0.1, -0.05) is 0 Å². The minimum absolute atomic E-state index is 0.191. The monoisotopic (exact) mass is 627 g/mol. The van der Waals surface area contributed by atoms with Crippen molar-refractivity contribution in [1.29, 1.82) is 0 Å². The molecule has 0 atom stereocenters. The van der Waals surface area contributed by atoms with Crippen LogP contribution in [0.1, 0.15) is 48.8 Å². The fourth-order valence-electron chi connectivity index (χ4n) is 2.95. The summed E-state index contributed by atoms with van der Waals surface area (Å²) in [6.07, 6.45) is 8.53. The van der Waals surface area contributed by atoms with Crippen molar-refractivity contribution in [3.05, 3.63) is 59.6 Å². The van der Waals surface area contributed by atoms with Crippen molar-refractivity contribution in [2.24, 2.45) is 0 Å². The Bertz CT molecular complexity index is 988. The van der Waals surface area contributed by atoms with Gasteiger partial charge in [-0.2, -0.15) is 0 Å². The molecule has 1 aliphatic rings. The van der Waals surface area contributed by atoms with Gasteiger partial charge in [0.15, 0.2) is 0 Å². The van der Waals surface area contributed by atoms with Crippen LogP contribution in [0.4, 0.5) is 0 Å². The summed E-state index contributed by atoms with van der Waals surface area (Å²) in [5, 5.41) is 8.64. The first kappa shape index (κ1) is 23.1. The number of carbonyl (C=O) groups is 1. The summed E-state index contributed by atoms with van der Waals surface area (Å²) in [5.41, 5.74) is 1.90. The van der Waals surface area contributed by atoms with Gasteiger partial charge in [0.1, 0.15) is 0 Å². The number of hydrogen-bond donors (Lipinski definition) is 1. The van der Waals surface area contributed by atoms with Crippen LogP contribution in [0.25, 0.3) is 10.2 Å². The van der Waals surface area contributed by atoms with E-state index in [2.05, 4.69) is 61.4 Å².